The van der Waals surface area contributed by atoms with E-state index in [-0.39, 0.29) is 0 Å². The van der Waals surface area contributed by atoms with Crippen molar-refractivity contribution in [1.82, 2.24) is 0 Å². The third-order valence-corrected chi connectivity index (χ3v) is 4.09. The second-order valence-electron chi connectivity index (χ2n) is 5.46. The molecule has 0 bridgehead atoms. The minimum Gasteiger partial charge on any atom is -0.192 e. The molecule has 1 nitrogen and oxygen atoms in total. The molecule has 1 heteroatoms. The molecule has 0 aromatic heterocycles. The Hall–Kier alpha value is -2.07. The molecule has 0 fully saturated rings. The van der Waals surface area contributed by atoms with E-state index in [2.05, 4.69) is 44.2 Å². The lowest BCUT2D eigenvalue weighted by Gasteiger charge is -2.01. The molecular weight excluding hydrogens is 242 g/mol. The van der Waals surface area contributed by atoms with E-state index in [1.807, 2.05) is 6.07 Å². The lowest BCUT2D eigenvalue weighted by Crippen LogP contribution is -1.83. The van der Waals surface area contributed by atoms with E-state index < -0.39 is 0 Å². The molecule has 0 radical (unpaired) electrons. The maximum atomic E-state index is 9.32. The molecule has 0 aliphatic heterocycles. The van der Waals surface area contributed by atoms with Gasteiger partial charge in [-0.15, -0.1) is 0 Å². The molecule has 2 aliphatic carbocycles. The van der Waals surface area contributed by atoms with Gasteiger partial charge in [0, 0.05) is 5.56 Å². The van der Waals surface area contributed by atoms with Crippen molar-refractivity contribution in [2.45, 2.75) is 39.5 Å². The smallest absolute Gasteiger partial charge is 0.0998 e. The van der Waals surface area contributed by atoms with E-state index in [9.17, 15) is 5.26 Å². The van der Waals surface area contributed by atoms with E-state index in [4.69, 9.17) is 0 Å². The highest BCUT2D eigenvalue weighted by Crippen LogP contribution is 2.51. The lowest BCUT2D eigenvalue weighted by atomic mass is 10.0. The topological polar surface area (TPSA) is 23.8 Å². The number of allylic oxidation sites excluding steroid dienone is 6. The van der Waals surface area contributed by atoms with Gasteiger partial charge in [0.1, 0.15) is 0 Å². The number of nitrogens with zero attached hydrogens (tertiary/aromatic N) is 1. The largest absolute Gasteiger partial charge is 0.192 e. The van der Waals surface area contributed by atoms with Crippen molar-refractivity contribution < 1.29 is 0 Å². The molecule has 0 unspecified atom stereocenters. The summed E-state index contributed by atoms with van der Waals surface area (Å²) in [5.41, 5.74) is 8.97. The molecule has 0 saturated heterocycles. The number of hydrogen-bond acceptors (Lipinski definition) is 1. The summed E-state index contributed by atoms with van der Waals surface area (Å²) in [6.07, 6.45) is 6.81. The first-order valence-electron chi connectivity index (χ1n) is 7.50. The molecule has 0 N–H and O–H groups in total. The molecule has 0 atom stereocenters. The van der Waals surface area contributed by atoms with Crippen LogP contribution in [0, 0.1) is 11.3 Å². The fraction of sp³-hybridized carbons (Fsp3) is 0.316. The first-order chi connectivity index (χ1) is 9.81. The van der Waals surface area contributed by atoms with Crippen LogP contribution in [0.1, 0.15) is 50.7 Å². The summed E-state index contributed by atoms with van der Waals surface area (Å²) in [6, 6.07) is 10.6. The van der Waals surface area contributed by atoms with Gasteiger partial charge < -0.3 is 0 Å². The monoisotopic (exact) mass is 261 g/mol. The molecule has 1 aromatic rings. The standard InChI is InChI=1S/C19H19N/c1-3-7-16-17(8-4-2)19(16)18-11-13(12-20)14-9-5-6-10-15(14)18/h5-6,9-11H,3-4,7-8H2,1-2H3. The first-order valence-corrected chi connectivity index (χ1v) is 7.50. The van der Waals surface area contributed by atoms with Gasteiger partial charge in [0.2, 0.25) is 0 Å². The van der Waals surface area contributed by atoms with Crippen molar-refractivity contribution in [2.75, 3.05) is 0 Å². The van der Waals surface area contributed by atoms with Crippen LogP contribution in [0.4, 0.5) is 0 Å². The van der Waals surface area contributed by atoms with Gasteiger partial charge in [-0.05, 0) is 46.8 Å². The molecule has 0 spiro atoms. The van der Waals surface area contributed by atoms with Gasteiger partial charge in [0.15, 0.2) is 0 Å². The minimum absolute atomic E-state index is 0.807. The highest BCUT2D eigenvalue weighted by atomic mass is 14.4. The summed E-state index contributed by atoms with van der Waals surface area (Å²) < 4.78 is 0. The second kappa shape index (κ2) is 5.13. The molecule has 0 amide bonds. The van der Waals surface area contributed by atoms with Crippen molar-refractivity contribution in [1.29, 1.82) is 5.26 Å². The summed E-state index contributed by atoms with van der Waals surface area (Å²) in [7, 11) is 0. The molecular formula is C19H19N. The maximum Gasteiger partial charge on any atom is 0.0998 e. The van der Waals surface area contributed by atoms with Gasteiger partial charge in [0.05, 0.1) is 11.6 Å². The second-order valence-corrected chi connectivity index (χ2v) is 5.46. The van der Waals surface area contributed by atoms with Crippen molar-refractivity contribution in [2.24, 2.45) is 0 Å². The van der Waals surface area contributed by atoms with E-state index in [1.54, 1.807) is 11.1 Å². The summed E-state index contributed by atoms with van der Waals surface area (Å²) in [5, 5.41) is 9.32. The molecule has 2 aliphatic rings. The van der Waals surface area contributed by atoms with Crippen LogP contribution in [0.2, 0.25) is 0 Å². The van der Waals surface area contributed by atoms with Crippen LogP contribution < -0.4 is 0 Å². The summed E-state index contributed by atoms with van der Waals surface area (Å²) >= 11 is 0. The van der Waals surface area contributed by atoms with E-state index in [0.717, 1.165) is 11.1 Å². The molecule has 0 saturated carbocycles. The van der Waals surface area contributed by atoms with Crippen molar-refractivity contribution in [3.8, 4) is 6.07 Å². The fourth-order valence-electron chi connectivity index (χ4n) is 3.20. The Labute approximate surface area is 120 Å². The molecule has 1 aromatic carbocycles. The molecule has 100 valence electrons. The lowest BCUT2D eigenvalue weighted by molar-refractivity contribution is 0.921. The highest BCUT2D eigenvalue weighted by molar-refractivity contribution is 6.05. The molecule has 0 heterocycles. The Morgan fingerprint density at radius 3 is 2.10 bits per heavy atom. The zero-order valence-electron chi connectivity index (χ0n) is 12.2. The van der Waals surface area contributed by atoms with Crippen molar-refractivity contribution >= 4 is 11.1 Å². The SMILES string of the molecule is CCCC1=C(CCC)C1=C1C=C(C#N)c2ccccc21. The minimum atomic E-state index is 0.807. The maximum absolute atomic E-state index is 9.32. The first kappa shape index (κ1) is 12.9. The molecule has 3 rings (SSSR count). The van der Waals surface area contributed by atoms with Gasteiger partial charge in [-0.3, -0.25) is 0 Å². The number of hydrogen-bond donors (Lipinski definition) is 0. The van der Waals surface area contributed by atoms with Crippen LogP contribution in [0.3, 0.4) is 0 Å². The van der Waals surface area contributed by atoms with Crippen LogP contribution in [-0.2, 0) is 0 Å². The van der Waals surface area contributed by atoms with Crippen LogP contribution in [0.15, 0.2) is 47.1 Å². The zero-order chi connectivity index (χ0) is 14.1. The Bertz CT molecular complexity index is 675. The normalized spacial score (nSPS) is 16.1. The predicted molar refractivity (Wildman–Crippen MR) is 83.8 cm³/mol. The van der Waals surface area contributed by atoms with Gasteiger partial charge in [0.25, 0.3) is 0 Å². The quantitative estimate of drug-likeness (QED) is 0.724. The van der Waals surface area contributed by atoms with Crippen molar-refractivity contribution in [3.63, 3.8) is 0 Å². The van der Waals surface area contributed by atoms with E-state index >= 15 is 0 Å². The van der Waals surface area contributed by atoms with Gasteiger partial charge in [-0.1, -0.05) is 51.0 Å². The van der Waals surface area contributed by atoms with Gasteiger partial charge in [-0.25, -0.2) is 0 Å². The van der Waals surface area contributed by atoms with Crippen molar-refractivity contribution in [3.05, 3.63) is 58.2 Å². The number of rotatable bonds is 4. The summed E-state index contributed by atoms with van der Waals surface area (Å²) in [4.78, 5) is 0. The van der Waals surface area contributed by atoms with E-state index in [0.29, 0.717) is 0 Å². The third-order valence-electron chi connectivity index (χ3n) is 4.09. The Balaban J connectivity index is 2.07. The Kier molecular flexibility index (Phi) is 3.32. The molecule has 20 heavy (non-hydrogen) atoms. The average Bonchev–Trinajstić information content (AvgIpc) is 3.00. The van der Waals surface area contributed by atoms with Crippen LogP contribution in [0.5, 0.6) is 0 Å². The Morgan fingerprint density at radius 1 is 0.950 bits per heavy atom. The van der Waals surface area contributed by atoms with Gasteiger partial charge in [-0.2, -0.15) is 5.26 Å². The number of nitriles is 1. The Morgan fingerprint density at radius 2 is 1.55 bits per heavy atom. The number of benzene rings is 1. The van der Waals surface area contributed by atoms with Crippen LogP contribution >= 0.6 is 0 Å². The van der Waals surface area contributed by atoms with Gasteiger partial charge >= 0.3 is 0 Å². The predicted octanol–water partition coefficient (Wildman–Crippen LogP) is 5.27. The third kappa shape index (κ3) is 1.93. The average molecular weight is 261 g/mol. The fourth-order valence-corrected chi connectivity index (χ4v) is 3.20. The van der Waals surface area contributed by atoms with Crippen LogP contribution in [0.25, 0.3) is 11.1 Å². The zero-order valence-corrected chi connectivity index (χ0v) is 12.2. The van der Waals surface area contributed by atoms with E-state index in [1.165, 1.54) is 42.4 Å². The highest BCUT2D eigenvalue weighted by Gasteiger charge is 2.33. The summed E-state index contributed by atoms with van der Waals surface area (Å²) in [6.45, 7) is 4.46. The number of fused-ring (bicyclic) bond motifs is 1. The van der Waals surface area contributed by atoms with Crippen LogP contribution in [-0.4, -0.2) is 0 Å². The summed E-state index contributed by atoms with van der Waals surface area (Å²) in [5.74, 6) is 0.